The molecule has 31 heavy (non-hydrogen) atoms. The highest BCUT2D eigenvalue weighted by molar-refractivity contribution is 5.63. The van der Waals surface area contributed by atoms with E-state index in [2.05, 4.69) is 23.7 Å². The summed E-state index contributed by atoms with van der Waals surface area (Å²) in [4.78, 5) is 6.35. The number of fused-ring (bicyclic) bond motifs is 1. The highest BCUT2D eigenvalue weighted by Gasteiger charge is 2.60. The molecule has 2 aliphatic carbocycles. The van der Waals surface area contributed by atoms with E-state index in [9.17, 15) is 13.2 Å². The Morgan fingerprint density at radius 1 is 1.16 bits per heavy atom. The molecular formula is C22H28F3N5O. The highest BCUT2D eigenvalue weighted by Crippen LogP contribution is 2.64. The van der Waals surface area contributed by atoms with Crippen molar-refractivity contribution in [3.8, 4) is 11.3 Å². The number of nitrogens with zero attached hydrogens (tertiary/aromatic N) is 4. The molecule has 3 heterocycles. The third-order valence-corrected chi connectivity index (χ3v) is 7.10. The zero-order chi connectivity index (χ0) is 21.9. The van der Waals surface area contributed by atoms with Crippen molar-refractivity contribution in [2.75, 3.05) is 32.0 Å². The van der Waals surface area contributed by atoms with Gasteiger partial charge in [0.25, 0.3) is 0 Å². The lowest BCUT2D eigenvalue weighted by Crippen LogP contribution is -2.44. The van der Waals surface area contributed by atoms with Gasteiger partial charge in [-0.25, -0.2) is 4.98 Å². The molecule has 5 rings (SSSR count). The second-order valence-electron chi connectivity index (χ2n) is 9.21. The predicted octanol–water partition coefficient (Wildman–Crippen LogP) is 3.95. The van der Waals surface area contributed by atoms with Gasteiger partial charge in [-0.3, -0.25) is 9.58 Å². The van der Waals surface area contributed by atoms with Crippen LogP contribution in [0.25, 0.3) is 11.3 Å². The summed E-state index contributed by atoms with van der Waals surface area (Å²) < 4.78 is 47.4. The number of hydrogen-bond acceptors (Lipinski definition) is 5. The van der Waals surface area contributed by atoms with Gasteiger partial charge in [0.15, 0.2) is 0 Å². The molecule has 3 aliphatic rings. The lowest BCUT2D eigenvalue weighted by Gasteiger charge is -2.33. The molecule has 9 heteroatoms. The summed E-state index contributed by atoms with van der Waals surface area (Å²) in [5.41, 5.74) is 6.55. The SMILES string of the molecule is CC(C)n1nc(-c2cnc(N)c(C(F)(F)F)c2)cc1[C@@H]1[C@H]2CC[C@@H](N3CCOCC3)[C@H]21. The maximum Gasteiger partial charge on any atom is 0.419 e. The van der Waals surface area contributed by atoms with Gasteiger partial charge in [0.05, 0.1) is 24.5 Å². The smallest absolute Gasteiger partial charge is 0.383 e. The molecule has 0 bridgehead atoms. The van der Waals surface area contributed by atoms with Crippen molar-refractivity contribution in [3.63, 3.8) is 0 Å². The van der Waals surface area contributed by atoms with Crippen LogP contribution in [-0.4, -0.2) is 52.0 Å². The van der Waals surface area contributed by atoms with E-state index in [1.54, 1.807) is 0 Å². The van der Waals surface area contributed by atoms with Crippen LogP contribution < -0.4 is 5.73 Å². The summed E-state index contributed by atoms with van der Waals surface area (Å²) in [6.07, 6.45) is -0.760. The molecular weight excluding hydrogens is 407 g/mol. The van der Waals surface area contributed by atoms with Gasteiger partial charge < -0.3 is 10.5 Å². The zero-order valence-electron chi connectivity index (χ0n) is 17.8. The summed E-state index contributed by atoms with van der Waals surface area (Å²) in [7, 11) is 0. The van der Waals surface area contributed by atoms with E-state index < -0.39 is 17.6 Å². The van der Waals surface area contributed by atoms with Gasteiger partial charge in [-0.1, -0.05) is 0 Å². The average Bonchev–Trinajstić information content (AvgIpc) is 3.08. The molecule has 1 aliphatic heterocycles. The fraction of sp³-hybridized carbons (Fsp3) is 0.636. The van der Waals surface area contributed by atoms with Crippen LogP contribution in [0.1, 0.15) is 49.9 Å². The lowest BCUT2D eigenvalue weighted by atomic mass is 10.0. The van der Waals surface area contributed by atoms with Crippen LogP contribution in [0.15, 0.2) is 18.3 Å². The first kappa shape index (κ1) is 20.8. The molecule has 0 spiro atoms. The molecule has 2 aromatic rings. The number of ether oxygens (including phenoxy) is 1. The molecule has 0 amide bonds. The Morgan fingerprint density at radius 3 is 2.58 bits per heavy atom. The van der Waals surface area contributed by atoms with Crippen LogP contribution in [0.5, 0.6) is 0 Å². The van der Waals surface area contributed by atoms with E-state index in [1.807, 2.05) is 10.7 Å². The van der Waals surface area contributed by atoms with E-state index in [0.717, 1.165) is 38.1 Å². The van der Waals surface area contributed by atoms with Crippen molar-refractivity contribution in [2.45, 2.75) is 50.9 Å². The lowest BCUT2D eigenvalue weighted by molar-refractivity contribution is -0.137. The second-order valence-corrected chi connectivity index (χ2v) is 9.21. The number of pyridine rings is 1. The molecule has 168 valence electrons. The largest absolute Gasteiger partial charge is 0.419 e. The summed E-state index contributed by atoms with van der Waals surface area (Å²) in [6.45, 7) is 7.65. The van der Waals surface area contributed by atoms with Gasteiger partial charge in [-0.05, 0) is 50.7 Å². The van der Waals surface area contributed by atoms with Crippen molar-refractivity contribution in [1.82, 2.24) is 19.7 Å². The number of rotatable bonds is 4. The van der Waals surface area contributed by atoms with Gasteiger partial charge in [-0.2, -0.15) is 18.3 Å². The van der Waals surface area contributed by atoms with Gasteiger partial charge in [0, 0.05) is 48.5 Å². The number of aromatic nitrogens is 3. The summed E-state index contributed by atoms with van der Waals surface area (Å²) in [5.74, 6) is 1.12. The Hall–Kier alpha value is -2.13. The molecule has 0 unspecified atom stereocenters. The third-order valence-electron chi connectivity index (χ3n) is 7.10. The van der Waals surface area contributed by atoms with Crippen LogP contribution in [0, 0.1) is 11.8 Å². The molecule has 1 saturated heterocycles. The zero-order valence-corrected chi connectivity index (χ0v) is 17.8. The van der Waals surface area contributed by atoms with Crippen molar-refractivity contribution in [2.24, 2.45) is 11.8 Å². The number of halogens is 3. The Bertz CT molecular complexity index is 967. The molecule has 6 nitrogen and oxygen atoms in total. The minimum Gasteiger partial charge on any atom is -0.383 e. The van der Waals surface area contributed by atoms with Crippen LogP contribution >= 0.6 is 0 Å². The number of hydrogen-bond donors (Lipinski definition) is 1. The van der Waals surface area contributed by atoms with Gasteiger partial charge in [0.1, 0.15) is 5.82 Å². The first-order chi connectivity index (χ1) is 14.8. The Morgan fingerprint density at radius 2 is 1.90 bits per heavy atom. The van der Waals surface area contributed by atoms with E-state index in [-0.39, 0.29) is 6.04 Å². The fourth-order valence-corrected chi connectivity index (χ4v) is 5.66. The van der Waals surface area contributed by atoms with Crippen molar-refractivity contribution in [3.05, 3.63) is 29.6 Å². The summed E-state index contributed by atoms with van der Waals surface area (Å²) >= 11 is 0. The van der Waals surface area contributed by atoms with Crippen LogP contribution in [-0.2, 0) is 10.9 Å². The number of morpholine rings is 1. The molecule has 2 N–H and O–H groups in total. The quantitative estimate of drug-likeness (QED) is 0.788. The minimum atomic E-state index is -4.55. The number of alkyl halides is 3. The predicted molar refractivity (Wildman–Crippen MR) is 110 cm³/mol. The molecule has 0 aromatic carbocycles. The Kier molecular flexibility index (Phi) is 5.01. The second kappa shape index (κ2) is 7.48. The minimum absolute atomic E-state index is 0.121. The molecule has 0 radical (unpaired) electrons. The normalized spacial score (nSPS) is 28.8. The maximum atomic E-state index is 13.3. The number of nitrogen functional groups attached to an aromatic ring is 1. The average molecular weight is 435 g/mol. The van der Waals surface area contributed by atoms with E-state index >= 15 is 0 Å². The Labute approximate surface area is 179 Å². The van der Waals surface area contributed by atoms with Crippen LogP contribution in [0.4, 0.5) is 19.0 Å². The van der Waals surface area contributed by atoms with Crippen molar-refractivity contribution >= 4 is 5.82 Å². The number of nitrogens with two attached hydrogens (primary N) is 1. The standard InChI is InChI=1S/C22H28F3N5O/c1-12(2)30-18(20-14-3-4-17(19(14)20)29-5-7-31-8-6-29)10-16(28-30)13-9-15(22(23,24)25)21(26)27-11-13/h9-12,14,17,19-20H,3-8H2,1-2H3,(H2,26,27)/t14-,17+,19-,20-/m0/s1. The third kappa shape index (κ3) is 3.61. The molecule has 2 saturated carbocycles. The summed E-state index contributed by atoms with van der Waals surface area (Å²) in [6, 6.07) is 3.71. The first-order valence-corrected chi connectivity index (χ1v) is 11.0. The monoisotopic (exact) mass is 435 g/mol. The van der Waals surface area contributed by atoms with E-state index in [1.165, 1.54) is 19.0 Å². The highest BCUT2D eigenvalue weighted by atomic mass is 19.4. The molecule has 4 atom stereocenters. The van der Waals surface area contributed by atoms with Crippen molar-refractivity contribution < 1.29 is 17.9 Å². The van der Waals surface area contributed by atoms with Gasteiger partial charge in [0.2, 0.25) is 0 Å². The molecule has 2 aromatic heterocycles. The fourth-order valence-electron chi connectivity index (χ4n) is 5.66. The van der Waals surface area contributed by atoms with E-state index in [4.69, 9.17) is 15.6 Å². The van der Waals surface area contributed by atoms with Crippen LogP contribution in [0.3, 0.4) is 0 Å². The summed E-state index contributed by atoms with van der Waals surface area (Å²) in [5, 5.41) is 4.69. The maximum absolute atomic E-state index is 13.3. The Balaban J connectivity index is 1.45. The first-order valence-electron chi connectivity index (χ1n) is 11.0. The topological polar surface area (TPSA) is 69.2 Å². The van der Waals surface area contributed by atoms with Crippen molar-refractivity contribution in [1.29, 1.82) is 0 Å². The van der Waals surface area contributed by atoms with Crippen LogP contribution in [0.2, 0.25) is 0 Å². The van der Waals surface area contributed by atoms with E-state index in [0.29, 0.717) is 35.1 Å². The van der Waals surface area contributed by atoms with Gasteiger partial charge in [-0.15, -0.1) is 0 Å². The molecule has 3 fully saturated rings. The van der Waals surface area contributed by atoms with Gasteiger partial charge >= 0.3 is 6.18 Å². The number of anilines is 1.